The molecule has 35 heavy (non-hydrogen) atoms. The highest BCUT2D eigenvalue weighted by Gasteiger charge is 2.38. The molecule has 3 atom stereocenters. The number of ether oxygens (including phenoxy) is 1. The fourth-order valence-electron chi connectivity index (χ4n) is 6.02. The minimum atomic E-state index is -0.249. The number of carbonyl (C=O) groups is 2. The highest BCUT2D eigenvalue weighted by molar-refractivity contribution is 5.98. The number of hydrogen-bond donors (Lipinski definition) is 0. The third-order valence-electron chi connectivity index (χ3n) is 8.48. The average Bonchev–Trinajstić information content (AvgIpc) is 3.06. The zero-order valence-electron chi connectivity index (χ0n) is 21.6. The molecule has 5 nitrogen and oxygen atoms in total. The van der Waals surface area contributed by atoms with E-state index in [1.165, 1.54) is 11.3 Å². The number of allylic oxidation sites excluding steroid dienone is 2. The lowest BCUT2D eigenvalue weighted by Gasteiger charge is -2.36. The first-order valence-electron chi connectivity index (χ1n) is 13.5. The number of nitrogens with zero attached hydrogens (tertiary/aromatic N) is 2. The monoisotopic (exact) mass is 478 g/mol. The molecule has 0 amide bonds. The lowest BCUT2D eigenvalue weighted by molar-refractivity contribution is -0.139. The Bertz CT molecular complexity index is 930. The first-order valence-corrected chi connectivity index (χ1v) is 13.5. The summed E-state index contributed by atoms with van der Waals surface area (Å²) < 4.78 is 5.60. The second-order valence-corrected chi connectivity index (χ2v) is 10.7. The van der Waals surface area contributed by atoms with Crippen LogP contribution in [0.25, 0.3) is 0 Å². The van der Waals surface area contributed by atoms with Crippen molar-refractivity contribution in [1.82, 2.24) is 4.90 Å². The number of carbonyl (C=O) groups excluding carboxylic acids is 2. The number of rotatable bonds is 9. The van der Waals surface area contributed by atoms with E-state index < -0.39 is 0 Å². The van der Waals surface area contributed by atoms with E-state index >= 15 is 0 Å². The number of piperazine rings is 1. The van der Waals surface area contributed by atoms with Gasteiger partial charge in [-0.15, -0.1) is 0 Å². The van der Waals surface area contributed by atoms with Crippen molar-refractivity contribution in [1.29, 1.82) is 0 Å². The summed E-state index contributed by atoms with van der Waals surface area (Å²) in [6.45, 7) is 14.2. The van der Waals surface area contributed by atoms with Crippen LogP contribution in [-0.2, 0) is 14.3 Å². The van der Waals surface area contributed by atoms with Crippen LogP contribution in [0.15, 0.2) is 53.6 Å². The van der Waals surface area contributed by atoms with E-state index in [0.717, 1.165) is 76.8 Å². The first kappa shape index (κ1) is 25.7. The van der Waals surface area contributed by atoms with Gasteiger partial charge in [-0.25, -0.2) is 4.79 Å². The topological polar surface area (TPSA) is 49.9 Å². The van der Waals surface area contributed by atoms with Crippen molar-refractivity contribution in [3.63, 3.8) is 0 Å². The molecule has 0 N–H and O–H groups in total. The SMILES string of the molecule is C=C(C(=O)OCCCCCN1CCN(c2ccccc2)CC1)[C@@H]1CC[C@H](C)[C@@H]2CC(=O)C(C)=C2C1. The van der Waals surface area contributed by atoms with Gasteiger partial charge < -0.3 is 9.64 Å². The van der Waals surface area contributed by atoms with Gasteiger partial charge in [0.1, 0.15) is 0 Å². The van der Waals surface area contributed by atoms with Gasteiger partial charge in [-0.1, -0.05) is 37.3 Å². The standard InChI is InChI=1S/C30H42N2O3/c1-22-12-13-25(20-28-24(3)29(33)21-27(22)28)23(2)30(34)35-19-9-5-8-14-31-15-17-32(18-16-31)26-10-6-4-7-11-26/h4,6-7,10-11,22,25,27H,2,5,8-9,12-21H2,1,3H3/t22-,25+,27-/m0/s1. The number of esters is 1. The third-order valence-corrected chi connectivity index (χ3v) is 8.48. The summed E-state index contributed by atoms with van der Waals surface area (Å²) in [6, 6.07) is 10.6. The lowest BCUT2D eigenvalue weighted by atomic mass is 9.86. The van der Waals surface area contributed by atoms with Gasteiger partial charge in [0, 0.05) is 43.9 Å². The van der Waals surface area contributed by atoms with E-state index in [1.54, 1.807) is 0 Å². The molecule has 4 rings (SSSR count). The highest BCUT2D eigenvalue weighted by Crippen LogP contribution is 2.45. The average molecular weight is 479 g/mol. The van der Waals surface area contributed by atoms with Gasteiger partial charge in [-0.05, 0) is 87.5 Å². The van der Waals surface area contributed by atoms with Crippen LogP contribution in [0.3, 0.4) is 0 Å². The van der Waals surface area contributed by atoms with Crippen molar-refractivity contribution in [3.05, 3.63) is 53.6 Å². The Balaban J connectivity index is 1.11. The predicted molar refractivity (Wildman–Crippen MR) is 141 cm³/mol. The molecule has 0 spiro atoms. The van der Waals surface area contributed by atoms with Crippen molar-refractivity contribution in [2.45, 2.75) is 58.8 Å². The molecule has 1 heterocycles. The largest absolute Gasteiger partial charge is 0.462 e. The van der Waals surface area contributed by atoms with Gasteiger partial charge in [0.15, 0.2) is 5.78 Å². The fourth-order valence-corrected chi connectivity index (χ4v) is 6.02. The van der Waals surface area contributed by atoms with Crippen LogP contribution in [0, 0.1) is 17.8 Å². The Morgan fingerprint density at radius 2 is 1.77 bits per heavy atom. The molecular formula is C30H42N2O3. The van der Waals surface area contributed by atoms with Crippen molar-refractivity contribution in [2.75, 3.05) is 44.2 Å². The van der Waals surface area contributed by atoms with Crippen LogP contribution in [-0.4, -0.2) is 56.0 Å². The van der Waals surface area contributed by atoms with E-state index in [-0.39, 0.29) is 17.7 Å². The summed E-state index contributed by atoms with van der Waals surface area (Å²) >= 11 is 0. The summed E-state index contributed by atoms with van der Waals surface area (Å²) in [5.41, 5.74) is 4.10. The first-order chi connectivity index (χ1) is 16.9. The normalized spacial score (nSPS) is 25.4. The number of hydrogen-bond acceptors (Lipinski definition) is 5. The zero-order chi connectivity index (χ0) is 24.8. The Morgan fingerprint density at radius 3 is 2.51 bits per heavy atom. The molecule has 0 aromatic heterocycles. The van der Waals surface area contributed by atoms with Crippen LogP contribution >= 0.6 is 0 Å². The number of fused-ring (bicyclic) bond motifs is 1. The molecule has 2 aliphatic carbocycles. The molecule has 3 aliphatic rings. The van der Waals surface area contributed by atoms with Gasteiger partial charge in [0.25, 0.3) is 0 Å². The lowest BCUT2D eigenvalue weighted by Crippen LogP contribution is -2.46. The molecule has 2 fully saturated rings. The van der Waals surface area contributed by atoms with Crippen LogP contribution in [0.5, 0.6) is 0 Å². The fraction of sp³-hybridized carbons (Fsp3) is 0.600. The second kappa shape index (κ2) is 12.0. The minimum absolute atomic E-state index is 0.0975. The van der Waals surface area contributed by atoms with Crippen molar-refractivity contribution in [2.24, 2.45) is 17.8 Å². The molecule has 0 radical (unpaired) electrons. The third kappa shape index (κ3) is 6.43. The van der Waals surface area contributed by atoms with E-state index in [1.807, 2.05) is 6.92 Å². The molecule has 0 unspecified atom stereocenters. The van der Waals surface area contributed by atoms with Crippen LogP contribution < -0.4 is 4.90 Å². The summed E-state index contributed by atoms with van der Waals surface area (Å²) in [4.78, 5) is 29.9. The van der Waals surface area contributed by atoms with Gasteiger partial charge in [-0.2, -0.15) is 0 Å². The molecular weight excluding hydrogens is 436 g/mol. The molecule has 5 heteroatoms. The number of ketones is 1. The maximum absolute atomic E-state index is 12.7. The summed E-state index contributed by atoms with van der Waals surface area (Å²) in [7, 11) is 0. The Labute approximate surface area is 211 Å². The zero-order valence-corrected chi connectivity index (χ0v) is 21.6. The van der Waals surface area contributed by atoms with E-state index in [2.05, 4.69) is 53.6 Å². The van der Waals surface area contributed by atoms with Crippen LogP contribution in [0.2, 0.25) is 0 Å². The van der Waals surface area contributed by atoms with Crippen molar-refractivity contribution in [3.8, 4) is 0 Å². The molecule has 1 saturated heterocycles. The second-order valence-electron chi connectivity index (χ2n) is 10.7. The minimum Gasteiger partial charge on any atom is -0.462 e. The summed E-state index contributed by atoms with van der Waals surface area (Å²) in [6.07, 6.45) is 6.51. The maximum Gasteiger partial charge on any atom is 0.333 e. The Hall–Kier alpha value is -2.40. The van der Waals surface area contributed by atoms with E-state index in [4.69, 9.17) is 4.74 Å². The van der Waals surface area contributed by atoms with E-state index in [0.29, 0.717) is 30.4 Å². The Kier molecular flexibility index (Phi) is 8.83. The highest BCUT2D eigenvalue weighted by atomic mass is 16.5. The molecule has 0 bridgehead atoms. The van der Waals surface area contributed by atoms with E-state index in [9.17, 15) is 9.59 Å². The van der Waals surface area contributed by atoms with Crippen molar-refractivity contribution >= 4 is 17.4 Å². The predicted octanol–water partition coefficient (Wildman–Crippen LogP) is 5.42. The van der Waals surface area contributed by atoms with Gasteiger partial charge in [0.05, 0.1) is 6.61 Å². The number of Topliss-reactive ketones (excluding diaryl/α,β-unsaturated/α-hetero) is 1. The van der Waals surface area contributed by atoms with Gasteiger partial charge >= 0.3 is 5.97 Å². The number of benzene rings is 1. The van der Waals surface area contributed by atoms with Crippen LogP contribution in [0.4, 0.5) is 5.69 Å². The number of unbranched alkanes of at least 4 members (excludes halogenated alkanes) is 2. The molecule has 1 aromatic carbocycles. The Morgan fingerprint density at radius 1 is 1.03 bits per heavy atom. The number of anilines is 1. The molecule has 190 valence electrons. The molecule has 1 aliphatic heterocycles. The summed E-state index contributed by atoms with van der Waals surface area (Å²) in [5.74, 6) is 0.976. The van der Waals surface area contributed by atoms with Crippen LogP contribution in [0.1, 0.15) is 58.8 Å². The van der Waals surface area contributed by atoms with Crippen molar-refractivity contribution < 1.29 is 14.3 Å². The van der Waals surface area contributed by atoms with Gasteiger partial charge in [-0.3, -0.25) is 9.69 Å². The maximum atomic E-state index is 12.7. The quantitative estimate of drug-likeness (QED) is 0.269. The number of para-hydroxylation sites is 1. The molecule has 1 saturated carbocycles. The van der Waals surface area contributed by atoms with Gasteiger partial charge in [0.2, 0.25) is 0 Å². The smallest absolute Gasteiger partial charge is 0.333 e. The molecule has 1 aromatic rings. The summed E-state index contributed by atoms with van der Waals surface area (Å²) in [5, 5.41) is 0.